The van der Waals surface area contributed by atoms with Crippen LogP contribution >= 0.6 is 0 Å². The first-order valence-corrected chi connectivity index (χ1v) is 8.55. The van der Waals surface area contributed by atoms with Crippen molar-refractivity contribution in [2.24, 2.45) is 5.73 Å². The molecule has 0 unspecified atom stereocenters. The lowest BCUT2D eigenvalue weighted by molar-refractivity contribution is -0.135. The van der Waals surface area contributed by atoms with Crippen LogP contribution in [0.25, 0.3) is 0 Å². The van der Waals surface area contributed by atoms with Crippen molar-refractivity contribution in [2.75, 3.05) is 0 Å². The second-order valence-corrected chi connectivity index (χ2v) is 6.95. The van der Waals surface area contributed by atoms with E-state index in [0.717, 1.165) is 16.7 Å². The van der Waals surface area contributed by atoms with E-state index in [0.29, 0.717) is 0 Å². The molecular weight excluding hydrogens is 314 g/mol. The van der Waals surface area contributed by atoms with Gasteiger partial charge in [0.25, 0.3) is 0 Å². The number of carbonyl (C=O) groups is 1. The number of hydrogen-bond donors (Lipinski definition) is 1. The maximum Gasteiger partial charge on any atom is 0.341 e. The van der Waals surface area contributed by atoms with E-state index >= 15 is 0 Å². The summed E-state index contributed by atoms with van der Waals surface area (Å²) in [7, 11) is -4.17. The third-order valence-electron chi connectivity index (χ3n) is 3.56. The van der Waals surface area contributed by atoms with Crippen LogP contribution in [0.4, 0.5) is 0 Å². The van der Waals surface area contributed by atoms with Crippen molar-refractivity contribution in [1.82, 2.24) is 0 Å². The molecule has 2 N–H and O–H groups in total. The minimum absolute atomic E-state index is 0.0548. The standard InChI is InChI=1S/C17H19NO4S/c1-12-8-9-15(10-13(12)2)23(20,21)22-17(19)16(18)11-14-6-4-3-5-7-14/h3-10,16H,11,18H2,1-2H3/t16-/m0/s1. The van der Waals surface area contributed by atoms with Crippen molar-refractivity contribution < 1.29 is 17.4 Å². The smallest absolute Gasteiger partial charge is 0.341 e. The molecule has 0 radical (unpaired) electrons. The second kappa shape index (κ2) is 6.93. The zero-order chi connectivity index (χ0) is 17.0. The predicted octanol–water partition coefficient (Wildman–Crippen LogP) is 2.11. The Morgan fingerprint density at radius 3 is 2.35 bits per heavy atom. The highest BCUT2D eigenvalue weighted by Crippen LogP contribution is 2.17. The van der Waals surface area contributed by atoms with E-state index in [2.05, 4.69) is 4.18 Å². The number of benzene rings is 2. The third kappa shape index (κ3) is 4.40. The Bertz CT molecular complexity index is 801. The molecule has 0 saturated heterocycles. The second-order valence-electron chi connectivity index (χ2n) is 5.40. The molecule has 5 nitrogen and oxygen atoms in total. The Labute approximate surface area is 136 Å². The molecule has 2 aromatic rings. The summed E-state index contributed by atoms with van der Waals surface area (Å²) in [6.45, 7) is 3.66. The first-order chi connectivity index (χ1) is 10.8. The normalized spacial score (nSPS) is 12.7. The van der Waals surface area contributed by atoms with Crippen molar-refractivity contribution in [3.05, 3.63) is 65.2 Å². The summed E-state index contributed by atoms with van der Waals surface area (Å²) in [6.07, 6.45) is 0.210. The van der Waals surface area contributed by atoms with Crippen molar-refractivity contribution in [3.8, 4) is 0 Å². The van der Waals surface area contributed by atoms with E-state index in [1.54, 1.807) is 13.0 Å². The zero-order valence-electron chi connectivity index (χ0n) is 13.0. The van der Waals surface area contributed by atoms with Crippen molar-refractivity contribution in [2.45, 2.75) is 31.2 Å². The number of aryl methyl sites for hydroxylation is 2. The van der Waals surface area contributed by atoms with Crippen LogP contribution in [0.2, 0.25) is 0 Å². The van der Waals surface area contributed by atoms with Crippen molar-refractivity contribution in [3.63, 3.8) is 0 Å². The monoisotopic (exact) mass is 333 g/mol. The summed E-state index contributed by atoms with van der Waals surface area (Å²) in [6, 6.07) is 12.6. The zero-order valence-corrected chi connectivity index (χ0v) is 13.8. The van der Waals surface area contributed by atoms with Gasteiger partial charge in [-0.15, -0.1) is 0 Å². The van der Waals surface area contributed by atoms with Gasteiger partial charge in [-0.2, -0.15) is 8.42 Å². The first-order valence-electron chi connectivity index (χ1n) is 7.14. The van der Waals surface area contributed by atoms with Gasteiger partial charge in [-0.25, -0.2) is 4.79 Å². The molecule has 0 aliphatic rings. The maximum atomic E-state index is 12.2. The fraction of sp³-hybridized carbons (Fsp3) is 0.235. The fourth-order valence-corrected chi connectivity index (χ4v) is 3.03. The lowest BCUT2D eigenvalue weighted by atomic mass is 10.1. The van der Waals surface area contributed by atoms with Gasteiger partial charge >= 0.3 is 16.1 Å². The quantitative estimate of drug-likeness (QED) is 0.847. The van der Waals surface area contributed by atoms with Crippen LogP contribution in [-0.2, 0) is 25.5 Å². The van der Waals surface area contributed by atoms with Gasteiger partial charge < -0.3 is 9.92 Å². The highest BCUT2D eigenvalue weighted by molar-refractivity contribution is 7.87. The lowest BCUT2D eigenvalue weighted by Gasteiger charge is -2.12. The Morgan fingerprint density at radius 2 is 1.74 bits per heavy atom. The molecule has 0 aliphatic carbocycles. The van der Waals surface area contributed by atoms with Crippen LogP contribution in [0.1, 0.15) is 16.7 Å². The summed E-state index contributed by atoms with van der Waals surface area (Å²) >= 11 is 0. The Morgan fingerprint density at radius 1 is 1.09 bits per heavy atom. The van der Waals surface area contributed by atoms with E-state index in [-0.39, 0.29) is 11.3 Å². The van der Waals surface area contributed by atoms with E-state index < -0.39 is 22.1 Å². The maximum absolute atomic E-state index is 12.2. The van der Waals surface area contributed by atoms with Crippen LogP contribution in [0, 0.1) is 13.8 Å². The highest BCUT2D eigenvalue weighted by Gasteiger charge is 2.25. The Kier molecular flexibility index (Phi) is 5.18. The molecule has 2 aromatic carbocycles. The molecule has 2 rings (SSSR count). The summed E-state index contributed by atoms with van der Waals surface area (Å²) in [5.41, 5.74) is 8.34. The van der Waals surface area contributed by atoms with E-state index in [9.17, 15) is 13.2 Å². The SMILES string of the molecule is Cc1ccc(S(=O)(=O)OC(=O)[C@@H](N)Cc2ccccc2)cc1C. The minimum atomic E-state index is -4.17. The molecule has 0 heterocycles. The van der Waals surface area contributed by atoms with Gasteiger partial charge in [0.15, 0.2) is 0 Å². The average molecular weight is 333 g/mol. The summed E-state index contributed by atoms with van der Waals surface area (Å²) in [4.78, 5) is 11.9. The molecule has 0 amide bonds. The molecule has 0 saturated carbocycles. The molecule has 1 atom stereocenters. The summed E-state index contributed by atoms with van der Waals surface area (Å²) in [5.74, 6) is -0.966. The predicted molar refractivity (Wildman–Crippen MR) is 87.3 cm³/mol. The number of hydrogen-bond acceptors (Lipinski definition) is 5. The van der Waals surface area contributed by atoms with Gasteiger partial charge in [-0.05, 0) is 49.1 Å². The Hall–Kier alpha value is -2.18. The molecular formula is C17H19NO4S. The van der Waals surface area contributed by atoms with Crippen LogP contribution in [0.5, 0.6) is 0 Å². The van der Waals surface area contributed by atoms with Crippen LogP contribution in [0.15, 0.2) is 53.4 Å². The largest absolute Gasteiger partial charge is 0.341 e. The molecule has 0 fully saturated rings. The lowest BCUT2D eigenvalue weighted by Crippen LogP contribution is -2.35. The van der Waals surface area contributed by atoms with E-state index in [1.165, 1.54) is 12.1 Å². The van der Waals surface area contributed by atoms with E-state index in [4.69, 9.17) is 5.73 Å². The van der Waals surface area contributed by atoms with E-state index in [1.807, 2.05) is 37.3 Å². The van der Waals surface area contributed by atoms with Crippen molar-refractivity contribution >= 4 is 16.1 Å². The van der Waals surface area contributed by atoms with Crippen LogP contribution in [-0.4, -0.2) is 20.4 Å². The van der Waals surface area contributed by atoms with Gasteiger partial charge in [0.1, 0.15) is 10.9 Å². The molecule has 0 spiro atoms. The van der Waals surface area contributed by atoms with Gasteiger partial charge in [-0.3, -0.25) is 0 Å². The third-order valence-corrected chi connectivity index (χ3v) is 4.78. The average Bonchev–Trinajstić information content (AvgIpc) is 2.50. The number of rotatable bonds is 5. The number of carbonyl (C=O) groups excluding carboxylic acids is 1. The topological polar surface area (TPSA) is 86.5 Å². The summed E-state index contributed by atoms with van der Waals surface area (Å²) < 4.78 is 29.0. The minimum Gasteiger partial charge on any atom is -0.341 e. The molecule has 0 aromatic heterocycles. The molecule has 23 heavy (non-hydrogen) atoms. The van der Waals surface area contributed by atoms with Gasteiger partial charge in [0.2, 0.25) is 0 Å². The molecule has 6 heteroatoms. The van der Waals surface area contributed by atoms with Gasteiger partial charge in [0, 0.05) is 0 Å². The number of nitrogens with two attached hydrogens (primary N) is 1. The summed E-state index contributed by atoms with van der Waals surface area (Å²) in [5, 5.41) is 0. The fourth-order valence-electron chi connectivity index (χ4n) is 2.04. The highest BCUT2D eigenvalue weighted by atomic mass is 32.2. The van der Waals surface area contributed by atoms with Crippen LogP contribution < -0.4 is 5.73 Å². The Balaban J connectivity index is 2.10. The first kappa shape index (κ1) is 17.2. The molecule has 0 bridgehead atoms. The van der Waals surface area contributed by atoms with Crippen molar-refractivity contribution in [1.29, 1.82) is 0 Å². The van der Waals surface area contributed by atoms with Gasteiger partial charge in [-0.1, -0.05) is 36.4 Å². The molecule has 122 valence electrons. The molecule has 0 aliphatic heterocycles. The van der Waals surface area contributed by atoms with Crippen LogP contribution in [0.3, 0.4) is 0 Å². The van der Waals surface area contributed by atoms with Gasteiger partial charge in [0.05, 0.1) is 0 Å².